The van der Waals surface area contributed by atoms with Crippen LogP contribution in [0.25, 0.3) is 0 Å². The van der Waals surface area contributed by atoms with Crippen LogP contribution < -0.4 is 20.5 Å². The van der Waals surface area contributed by atoms with E-state index in [0.29, 0.717) is 42.1 Å². The molecule has 2 aliphatic heterocycles. The summed E-state index contributed by atoms with van der Waals surface area (Å²) in [7, 11) is 1.49. The molecule has 7 nitrogen and oxygen atoms in total. The zero-order valence-corrected chi connectivity index (χ0v) is 16.0. The van der Waals surface area contributed by atoms with Crippen LogP contribution in [-0.2, 0) is 11.3 Å². The van der Waals surface area contributed by atoms with Crippen LogP contribution in [0.5, 0.6) is 17.2 Å². The predicted molar refractivity (Wildman–Crippen MR) is 103 cm³/mol. The molecule has 2 aromatic carbocycles. The number of ether oxygens (including phenoxy) is 2. The smallest absolute Gasteiger partial charge is 0.254 e. The lowest BCUT2D eigenvalue weighted by molar-refractivity contribution is -0.119. The molecule has 0 unspecified atom stereocenters. The fourth-order valence-corrected chi connectivity index (χ4v) is 3.91. The Hall–Kier alpha value is -3.13. The topological polar surface area (TPSA) is 93.9 Å². The lowest BCUT2D eigenvalue weighted by atomic mass is 10.1. The number of hydrogen-bond acceptors (Lipinski definition) is 5. The predicted octanol–water partition coefficient (Wildman–Crippen LogP) is 2.05. The Balaban J connectivity index is 1.56. The molecule has 2 amide bonds. The molecule has 2 aliphatic rings. The highest BCUT2D eigenvalue weighted by atomic mass is 19.1. The molecular weight excluding hydrogens is 377 g/mol. The maximum absolute atomic E-state index is 13.8. The molecule has 0 bridgehead atoms. The van der Waals surface area contributed by atoms with E-state index >= 15 is 0 Å². The van der Waals surface area contributed by atoms with E-state index in [2.05, 4.69) is 5.32 Å². The summed E-state index contributed by atoms with van der Waals surface area (Å²) in [6.07, 6.45) is 0.453. The van der Waals surface area contributed by atoms with Gasteiger partial charge in [-0.3, -0.25) is 9.59 Å². The second kappa shape index (κ2) is 7.71. The summed E-state index contributed by atoms with van der Waals surface area (Å²) >= 11 is 0. The van der Waals surface area contributed by atoms with Crippen molar-refractivity contribution in [2.45, 2.75) is 19.0 Å². The SMILES string of the molecule is COc1ccc(C(=O)N2C[C@@H]3CC(=O)N[C@@H]3C2)cc1Oc1cc(F)cc(CN)c1. The first-order chi connectivity index (χ1) is 14.0. The molecule has 0 spiro atoms. The Kier molecular flexibility index (Phi) is 5.10. The van der Waals surface area contributed by atoms with Crippen LogP contribution in [0.1, 0.15) is 22.3 Å². The quantitative estimate of drug-likeness (QED) is 0.803. The molecule has 0 aliphatic carbocycles. The maximum Gasteiger partial charge on any atom is 0.254 e. The first-order valence-electron chi connectivity index (χ1n) is 9.41. The average Bonchev–Trinajstić information content (AvgIpc) is 3.24. The Morgan fingerprint density at radius 1 is 1.24 bits per heavy atom. The average molecular weight is 399 g/mol. The minimum Gasteiger partial charge on any atom is -0.493 e. The molecule has 4 rings (SSSR count). The molecule has 0 radical (unpaired) electrons. The standard InChI is InChI=1S/C21H22FN3O4/c1-28-18-3-2-13(21(27)25-10-14-7-20(26)24-17(14)11-25)6-19(18)29-16-5-12(9-23)4-15(22)8-16/h2-6,8,14,17H,7,9-11,23H2,1H3,(H,24,26)/t14-,17+/m0/s1. The van der Waals surface area contributed by atoms with Crippen molar-refractivity contribution in [2.24, 2.45) is 11.7 Å². The van der Waals surface area contributed by atoms with Crippen LogP contribution in [0.2, 0.25) is 0 Å². The van der Waals surface area contributed by atoms with E-state index in [9.17, 15) is 14.0 Å². The Bertz CT molecular complexity index is 949. The monoisotopic (exact) mass is 399 g/mol. The van der Waals surface area contributed by atoms with E-state index in [0.717, 1.165) is 0 Å². The lowest BCUT2D eigenvalue weighted by Gasteiger charge is -2.18. The van der Waals surface area contributed by atoms with E-state index in [4.69, 9.17) is 15.2 Å². The van der Waals surface area contributed by atoms with Crippen molar-refractivity contribution >= 4 is 11.8 Å². The molecule has 29 heavy (non-hydrogen) atoms. The van der Waals surface area contributed by atoms with Crippen LogP contribution in [0.15, 0.2) is 36.4 Å². The molecule has 0 aromatic heterocycles. The van der Waals surface area contributed by atoms with E-state index in [1.807, 2.05) is 0 Å². The van der Waals surface area contributed by atoms with Gasteiger partial charge in [-0.05, 0) is 35.9 Å². The van der Waals surface area contributed by atoms with Gasteiger partial charge in [0.2, 0.25) is 5.91 Å². The van der Waals surface area contributed by atoms with Crippen molar-refractivity contribution < 1.29 is 23.5 Å². The number of methoxy groups -OCH3 is 1. The largest absolute Gasteiger partial charge is 0.493 e. The van der Waals surface area contributed by atoms with E-state index in [1.165, 1.54) is 19.2 Å². The molecule has 2 heterocycles. The third-order valence-corrected chi connectivity index (χ3v) is 5.33. The normalized spacial score (nSPS) is 20.4. The Morgan fingerprint density at radius 3 is 2.79 bits per heavy atom. The number of nitrogens with two attached hydrogens (primary N) is 1. The van der Waals surface area contributed by atoms with Gasteiger partial charge < -0.3 is 25.4 Å². The maximum atomic E-state index is 13.8. The van der Waals surface area contributed by atoms with Crippen molar-refractivity contribution in [1.82, 2.24) is 10.2 Å². The molecule has 0 saturated carbocycles. The van der Waals surface area contributed by atoms with Crippen molar-refractivity contribution in [3.05, 3.63) is 53.3 Å². The van der Waals surface area contributed by atoms with Gasteiger partial charge >= 0.3 is 0 Å². The minimum absolute atomic E-state index is 0.0161. The number of benzene rings is 2. The number of carbonyl (C=O) groups excluding carboxylic acids is 2. The molecule has 3 N–H and O–H groups in total. The molecule has 2 saturated heterocycles. The highest BCUT2D eigenvalue weighted by Gasteiger charge is 2.41. The van der Waals surface area contributed by atoms with Crippen molar-refractivity contribution in [3.8, 4) is 17.2 Å². The van der Waals surface area contributed by atoms with Gasteiger partial charge in [-0.1, -0.05) is 0 Å². The summed E-state index contributed by atoms with van der Waals surface area (Å²) in [6, 6.07) is 9.14. The summed E-state index contributed by atoms with van der Waals surface area (Å²) in [5.41, 5.74) is 6.62. The number of carbonyl (C=O) groups is 2. The number of rotatable bonds is 5. The van der Waals surface area contributed by atoms with Gasteiger partial charge in [0.25, 0.3) is 5.91 Å². The fraction of sp³-hybridized carbons (Fsp3) is 0.333. The molecule has 2 atom stereocenters. The number of likely N-dealkylation sites (tertiary alicyclic amines) is 1. The van der Waals surface area contributed by atoms with E-state index in [-0.39, 0.29) is 36.1 Å². The third-order valence-electron chi connectivity index (χ3n) is 5.33. The summed E-state index contributed by atoms with van der Waals surface area (Å²) in [6.45, 7) is 1.20. The van der Waals surface area contributed by atoms with Crippen LogP contribution in [0.4, 0.5) is 4.39 Å². The van der Waals surface area contributed by atoms with Gasteiger partial charge in [-0.15, -0.1) is 0 Å². The number of nitrogens with one attached hydrogen (secondary N) is 1. The molecular formula is C21H22FN3O4. The number of nitrogens with zero attached hydrogens (tertiary/aromatic N) is 1. The molecule has 8 heteroatoms. The van der Waals surface area contributed by atoms with Crippen LogP contribution in [0.3, 0.4) is 0 Å². The first-order valence-corrected chi connectivity index (χ1v) is 9.41. The fourth-order valence-electron chi connectivity index (χ4n) is 3.91. The molecule has 152 valence electrons. The van der Waals surface area contributed by atoms with Crippen LogP contribution >= 0.6 is 0 Å². The van der Waals surface area contributed by atoms with Gasteiger partial charge in [0.15, 0.2) is 11.5 Å². The van der Waals surface area contributed by atoms with Crippen molar-refractivity contribution in [1.29, 1.82) is 0 Å². The lowest BCUT2D eigenvalue weighted by Crippen LogP contribution is -2.35. The minimum atomic E-state index is -0.459. The zero-order valence-electron chi connectivity index (χ0n) is 16.0. The molecule has 2 aromatic rings. The van der Waals surface area contributed by atoms with Gasteiger partial charge in [0, 0.05) is 43.6 Å². The van der Waals surface area contributed by atoms with Crippen molar-refractivity contribution in [2.75, 3.05) is 20.2 Å². The van der Waals surface area contributed by atoms with Crippen LogP contribution in [0, 0.1) is 11.7 Å². The summed E-state index contributed by atoms with van der Waals surface area (Å²) in [5, 5.41) is 2.91. The zero-order chi connectivity index (χ0) is 20.5. The number of halogens is 1. The van der Waals surface area contributed by atoms with E-state index < -0.39 is 5.82 Å². The summed E-state index contributed by atoms with van der Waals surface area (Å²) in [5.74, 6) is 0.585. The number of fused-ring (bicyclic) bond motifs is 1. The van der Waals surface area contributed by atoms with Crippen LogP contribution in [-0.4, -0.2) is 43.0 Å². The Morgan fingerprint density at radius 2 is 2.07 bits per heavy atom. The first kappa shape index (κ1) is 19.2. The van der Waals surface area contributed by atoms with Crippen molar-refractivity contribution in [3.63, 3.8) is 0 Å². The van der Waals surface area contributed by atoms with Gasteiger partial charge in [0.05, 0.1) is 13.2 Å². The summed E-state index contributed by atoms with van der Waals surface area (Å²) < 4.78 is 24.9. The number of hydrogen-bond donors (Lipinski definition) is 2. The Labute approximate surface area is 167 Å². The number of amides is 2. The second-order valence-electron chi connectivity index (χ2n) is 7.32. The van der Waals surface area contributed by atoms with Gasteiger partial charge in [0.1, 0.15) is 11.6 Å². The highest BCUT2D eigenvalue weighted by molar-refractivity contribution is 5.95. The molecule has 2 fully saturated rings. The van der Waals surface area contributed by atoms with Gasteiger partial charge in [-0.2, -0.15) is 0 Å². The third kappa shape index (κ3) is 3.88. The summed E-state index contributed by atoms with van der Waals surface area (Å²) in [4.78, 5) is 26.2. The highest BCUT2D eigenvalue weighted by Crippen LogP contribution is 2.34. The van der Waals surface area contributed by atoms with E-state index in [1.54, 1.807) is 29.2 Å². The second-order valence-corrected chi connectivity index (χ2v) is 7.32. The van der Waals surface area contributed by atoms with Gasteiger partial charge in [-0.25, -0.2) is 4.39 Å².